The van der Waals surface area contributed by atoms with Crippen molar-refractivity contribution in [1.82, 2.24) is 10.3 Å². The number of hydrogen-bond donors (Lipinski definition) is 1. The standard InChI is InChI=1S/C15H15BrF2N2/c1-2-19-14(15-13(18)4-3-7-20-15)9-10-5-6-12(17)11(16)8-10/h3-8,14,19H,2,9H2,1H3. The lowest BCUT2D eigenvalue weighted by Gasteiger charge is -2.18. The monoisotopic (exact) mass is 340 g/mol. The molecule has 0 aliphatic rings. The molecule has 1 aromatic heterocycles. The van der Waals surface area contributed by atoms with Crippen LogP contribution < -0.4 is 5.32 Å². The maximum Gasteiger partial charge on any atom is 0.146 e. The van der Waals surface area contributed by atoms with Crippen LogP contribution >= 0.6 is 15.9 Å². The summed E-state index contributed by atoms with van der Waals surface area (Å²) in [5.74, 6) is -0.641. The van der Waals surface area contributed by atoms with Gasteiger partial charge < -0.3 is 5.32 Å². The SMILES string of the molecule is CCNC(Cc1ccc(F)c(Br)c1)c1ncccc1F. The molecule has 0 amide bonds. The zero-order valence-corrected chi connectivity index (χ0v) is 12.6. The summed E-state index contributed by atoms with van der Waals surface area (Å²) in [5.41, 5.74) is 1.30. The van der Waals surface area contributed by atoms with Crippen LogP contribution in [0.25, 0.3) is 0 Å². The Morgan fingerprint density at radius 1 is 1.25 bits per heavy atom. The number of aromatic nitrogens is 1. The average molecular weight is 341 g/mol. The third-order valence-electron chi connectivity index (χ3n) is 2.99. The molecule has 20 heavy (non-hydrogen) atoms. The van der Waals surface area contributed by atoms with Gasteiger partial charge in [-0.25, -0.2) is 8.78 Å². The van der Waals surface area contributed by atoms with Crippen molar-refractivity contribution in [2.75, 3.05) is 6.54 Å². The molecule has 2 rings (SSSR count). The van der Waals surface area contributed by atoms with Crippen LogP contribution in [-0.4, -0.2) is 11.5 Å². The van der Waals surface area contributed by atoms with E-state index < -0.39 is 0 Å². The minimum Gasteiger partial charge on any atom is -0.309 e. The summed E-state index contributed by atoms with van der Waals surface area (Å²) in [6.45, 7) is 2.65. The van der Waals surface area contributed by atoms with Crippen LogP contribution in [0.4, 0.5) is 8.78 Å². The van der Waals surface area contributed by atoms with E-state index in [4.69, 9.17) is 0 Å². The van der Waals surface area contributed by atoms with Crippen LogP contribution in [0.3, 0.4) is 0 Å². The van der Waals surface area contributed by atoms with Crippen LogP contribution in [0.1, 0.15) is 24.2 Å². The molecule has 0 aliphatic heterocycles. The highest BCUT2D eigenvalue weighted by atomic mass is 79.9. The van der Waals surface area contributed by atoms with E-state index in [2.05, 4.69) is 26.2 Å². The van der Waals surface area contributed by atoms with E-state index >= 15 is 0 Å². The van der Waals surface area contributed by atoms with E-state index in [9.17, 15) is 8.78 Å². The fraction of sp³-hybridized carbons (Fsp3) is 0.267. The molecule has 0 radical (unpaired) electrons. The van der Waals surface area contributed by atoms with Crippen LogP contribution in [0.5, 0.6) is 0 Å². The van der Waals surface area contributed by atoms with Crippen molar-refractivity contribution in [3.63, 3.8) is 0 Å². The van der Waals surface area contributed by atoms with Gasteiger partial charge in [-0.2, -0.15) is 0 Å². The summed E-state index contributed by atoms with van der Waals surface area (Å²) in [6, 6.07) is 7.53. The Balaban J connectivity index is 2.25. The van der Waals surface area contributed by atoms with Gasteiger partial charge in [-0.3, -0.25) is 4.98 Å². The molecule has 0 bridgehead atoms. The molecular weight excluding hydrogens is 326 g/mol. The summed E-state index contributed by atoms with van der Waals surface area (Å²) < 4.78 is 27.5. The largest absolute Gasteiger partial charge is 0.309 e. The number of halogens is 3. The number of pyridine rings is 1. The second-order valence-electron chi connectivity index (χ2n) is 4.43. The predicted octanol–water partition coefficient (Wildman–Crippen LogP) is 4.02. The highest BCUT2D eigenvalue weighted by Gasteiger charge is 2.17. The number of hydrogen-bond acceptors (Lipinski definition) is 2. The summed E-state index contributed by atoms with van der Waals surface area (Å²) in [4.78, 5) is 4.11. The van der Waals surface area contributed by atoms with Gasteiger partial charge in [0.25, 0.3) is 0 Å². The number of nitrogens with one attached hydrogen (secondary N) is 1. The first-order chi connectivity index (χ1) is 9.61. The van der Waals surface area contributed by atoms with Gasteiger partial charge in [0.05, 0.1) is 16.2 Å². The topological polar surface area (TPSA) is 24.9 Å². The maximum atomic E-state index is 13.8. The molecule has 1 heterocycles. The lowest BCUT2D eigenvalue weighted by molar-refractivity contribution is 0.494. The van der Waals surface area contributed by atoms with Crippen LogP contribution in [-0.2, 0) is 6.42 Å². The van der Waals surface area contributed by atoms with Gasteiger partial charge in [0.15, 0.2) is 0 Å². The van der Waals surface area contributed by atoms with E-state index in [1.165, 1.54) is 12.1 Å². The van der Waals surface area contributed by atoms with Gasteiger partial charge in [-0.05, 0) is 58.7 Å². The van der Waals surface area contributed by atoms with Crippen molar-refractivity contribution in [2.24, 2.45) is 0 Å². The van der Waals surface area contributed by atoms with Crippen molar-refractivity contribution in [1.29, 1.82) is 0 Å². The molecular formula is C15H15BrF2N2. The smallest absolute Gasteiger partial charge is 0.146 e. The van der Waals surface area contributed by atoms with Crippen molar-refractivity contribution in [3.8, 4) is 0 Å². The molecule has 0 saturated heterocycles. The Labute approximate surface area is 125 Å². The molecule has 1 aromatic carbocycles. The summed E-state index contributed by atoms with van der Waals surface area (Å²) in [5, 5.41) is 3.21. The van der Waals surface area contributed by atoms with Gasteiger partial charge in [0.2, 0.25) is 0 Å². The van der Waals surface area contributed by atoms with E-state index in [0.717, 1.165) is 5.56 Å². The number of nitrogens with zero attached hydrogens (tertiary/aromatic N) is 1. The quantitative estimate of drug-likeness (QED) is 0.889. The molecule has 0 aliphatic carbocycles. The normalized spacial score (nSPS) is 12.4. The third kappa shape index (κ3) is 3.61. The molecule has 0 saturated carbocycles. The molecule has 1 atom stereocenters. The molecule has 1 unspecified atom stereocenters. The van der Waals surface area contributed by atoms with Gasteiger partial charge in [-0.15, -0.1) is 0 Å². The van der Waals surface area contributed by atoms with E-state index in [-0.39, 0.29) is 17.7 Å². The molecule has 5 heteroatoms. The second-order valence-corrected chi connectivity index (χ2v) is 5.29. The minimum absolute atomic E-state index is 0.237. The number of benzene rings is 1. The first kappa shape index (κ1) is 15.1. The van der Waals surface area contributed by atoms with Crippen molar-refractivity contribution in [2.45, 2.75) is 19.4 Å². The first-order valence-electron chi connectivity index (χ1n) is 6.39. The van der Waals surface area contributed by atoms with Gasteiger partial charge >= 0.3 is 0 Å². The Morgan fingerprint density at radius 3 is 2.70 bits per heavy atom. The minimum atomic E-state index is -0.334. The number of likely N-dealkylation sites (N-methyl/N-ethyl adjacent to an activating group) is 1. The van der Waals surface area contributed by atoms with Gasteiger partial charge in [0.1, 0.15) is 11.6 Å². The highest BCUT2D eigenvalue weighted by Crippen LogP contribution is 2.22. The summed E-state index contributed by atoms with van der Waals surface area (Å²) in [6.07, 6.45) is 2.12. The zero-order valence-electron chi connectivity index (χ0n) is 11.0. The third-order valence-corrected chi connectivity index (χ3v) is 3.60. The maximum absolute atomic E-state index is 13.8. The molecule has 2 aromatic rings. The van der Waals surface area contributed by atoms with Crippen molar-refractivity contribution in [3.05, 3.63) is 63.9 Å². The molecule has 0 fully saturated rings. The van der Waals surface area contributed by atoms with E-state index in [1.54, 1.807) is 24.4 Å². The molecule has 0 spiro atoms. The second kappa shape index (κ2) is 6.90. The average Bonchev–Trinajstić information content (AvgIpc) is 2.43. The zero-order chi connectivity index (χ0) is 14.5. The molecule has 2 nitrogen and oxygen atoms in total. The Morgan fingerprint density at radius 2 is 2.05 bits per heavy atom. The van der Waals surface area contributed by atoms with Crippen molar-refractivity contribution < 1.29 is 8.78 Å². The molecule has 1 N–H and O–H groups in total. The fourth-order valence-electron chi connectivity index (χ4n) is 2.07. The summed E-state index contributed by atoms with van der Waals surface area (Å²) >= 11 is 3.16. The fourth-order valence-corrected chi connectivity index (χ4v) is 2.49. The predicted molar refractivity (Wildman–Crippen MR) is 78.4 cm³/mol. The highest BCUT2D eigenvalue weighted by molar-refractivity contribution is 9.10. The Bertz CT molecular complexity index is 590. The van der Waals surface area contributed by atoms with Crippen molar-refractivity contribution >= 4 is 15.9 Å². The van der Waals surface area contributed by atoms with E-state index in [1.807, 2.05) is 6.92 Å². The lowest BCUT2D eigenvalue weighted by Crippen LogP contribution is -2.25. The van der Waals surface area contributed by atoms with Crippen LogP contribution in [0.15, 0.2) is 41.0 Å². The van der Waals surface area contributed by atoms with Gasteiger partial charge in [0, 0.05) is 6.20 Å². The Kier molecular flexibility index (Phi) is 5.20. The van der Waals surface area contributed by atoms with Crippen LogP contribution in [0.2, 0.25) is 0 Å². The first-order valence-corrected chi connectivity index (χ1v) is 7.18. The van der Waals surface area contributed by atoms with Crippen LogP contribution in [0, 0.1) is 11.6 Å². The number of rotatable bonds is 5. The Hall–Kier alpha value is -1.33. The lowest BCUT2D eigenvalue weighted by atomic mass is 10.0. The molecule has 106 valence electrons. The van der Waals surface area contributed by atoms with Gasteiger partial charge in [-0.1, -0.05) is 13.0 Å². The summed E-state index contributed by atoms with van der Waals surface area (Å²) in [7, 11) is 0. The van der Waals surface area contributed by atoms with E-state index in [0.29, 0.717) is 23.1 Å².